The highest BCUT2D eigenvalue weighted by Gasteiger charge is 2.13. The summed E-state index contributed by atoms with van der Waals surface area (Å²) in [6, 6.07) is 8.62. The van der Waals surface area contributed by atoms with Crippen LogP contribution < -0.4 is 10.1 Å². The molecule has 5 nitrogen and oxygen atoms in total. The third-order valence-corrected chi connectivity index (χ3v) is 3.57. The second-order valence-electron chi connectivity index (χ2n) is 5.23. The molecule has 2 N–H and O–H groups in total. The van der Waals surface area contributed by atoms with Gasteiger partial charge in [-0.05, 0) is 31.2 Å². The lowest BCUT2D eigenvalue weighted by atomic mass is 10.1. The molecule has 0 fully saturated rings. The molecular weight excluding hydrogens is 297 g/mol. The van der Waals surface area contributed by atoms with Gasteiger partial charge < -0.3 is 14.5 Å². The van der Waals surface area contributed by atoms with Crippen molar-refractivity contribution in [1.29, 1.82) is 0 Å². The van der Waals surface area contributed by atoms with Crippen LogP contribution in [0.3, 0.4) is 0 Å². The highest BCUT2D eigenvalue weighted by atomic mass is 19.1. The van der Waals surface area contributed by atoms with Crippen LogP contribution in [0.1, 0.15) is 17.1 Å². The van der Waals surface area contributed by atoms with Gasteiger partial charge >= 0.3 is 0 Å². The molecule has 0 spiro atoms. The van der Waals surface area contributed by atoms with E-state index in [1.165, 1.54) is 13.2 Å². The Balaban J connectivity index is 1.72. The first-order valence-electron chi connectivity index (χ1n) is 7.29. The van der Waals surface area contributed by atoms with Gasteiger partial charge in [0, 0.05) is 23.7 Å². The van der Waals surface area contributed by atoms with Crippen molar-refractivity contribution in [3.05, 3.63) is 59.4 Å². The lowest BCUT2D eigenvalue weighted by Gasteiger charge is -2.07. The lowest BCUT2D eigenvalue weighted by Crippen LogP contribution is -2.12. The molecule has 2 aromatic heterocycles. The number of nitrogens with zero attached hydrogens (tertiary/aromatic N) is 1. The Morgan fingerprint density at radius 2 is 2.13 bits per heavy atom. The Morgan fingerprint density at radius 1 is 1.26 bits per heavy atom. The Labute approximate surface area is 133 Å². The van der Waals surface area contributed by atoms with Gasteiger partial charge in [-0.3, -0.25) is 5.10 Å². The molecule has 0 bridgehead atoms. The fourth-order valence-electron chi connectivity index (χ4n) is 2.40. The Morgan fingerprint density at radius 3 is 2.83 bits per heavy atom. The summed E-state index contributed by atoms with van der Waals surface area (Å²) in [5.41, 5.74) is 2.01. The maximum atomic E-state index is 14.2. The number of H-pyrrole nitrogens is 1. The van der Waals surface area contributed by atoms with Gasteiger partial charge in [-0.15, -0.1) is 0 Å². The zero-order chi connectivity index (χ0) is 16.2. The fourth-order valence-corrected chi connectivity index (χ4v) is 2.40. The fraction of sp³-hybridized carbons (Fsp3) is 0.235. The number of halogens is 1. The summed E-state index contributed by atoms with van der Waals surface area (Å²) in [5.74, 6) is 1.88. The van der Waals surface area contributed by atoms with E-state index in [0.29, 0.717) is 30.1 Å². The molecule has 0 unspecified atom stereocenters. The van der Waals surface area contributed by atoms with Crippen molar-refractivity contribution in [2.45, 2.75) is 20.0 Å². The van der Waals surface area contributed by atoms with Crippen molar-refractivity contribution in [3.8, 4) is 17.0 Å². The number of aromatic nitrogens is 2. The number of ether oxygens (including phenoxy) is 1. The highest BCUT2D eigenvalue weighted by molar-refractivity contribution is 5.64. The second-order valence-corrected chi connectivity index (χ2v) is 5.23. The van der Waals surface area contributed by atoms with Gasteiger partial charge in [0.2, 0.25) is 0 Å². The van der Waals surface area contributed by atoms with E-state index in [9.17, 15) is 4.39 Å². The first-order chi connectivity index (χ1) is 11.2. The molecule has 0 radical (unpaired) electrons. The molecule has 3 aromatic rings. The van der Waals surface area contributed by atoms with E-state index < -0.39 is 0 Å². The molecular formula is C17H18FN3O2. The van der Waals surface area contributed by atoms with Crippen molar-refractivity contribution >= 4 is 0 Å². The number of methoxy groups -OCH3 is 1. The third-order valence-electron chi connectivity index (χ3n) is 3.57. The normalized spacial score (nSPS) is 10.9. The first kappa shape index (κ1) is 15.3. The predicted molar refractivity (Wildman–Crippen MR) is 84.5 cm³/mol. The van der Waals surface area contributed by atoms with Crippen LogP contribution in [0.5, 0.6) is 5.75 Å². The average molecular weight is 315 g/mol. The maximum Gasteiger partial charge on any atom is 0.136 e. The van der Waals surface area contributed by atoms with Crippen LogP contribution in [0.25, 0.3) is 11.3 Å². The summed E-state index contributed by atoms with van der Waals surface area (Å²) >= 11 is 0. The molecule has 0 aliphatic heterocycles. The summed E-state index contributed by atoms with van der Waals surface area (Å²) in [4.78, 5) is 0. The molecule has 2 heterocycles. The van der Waals surface area contributed by atoms with Gasteiger partial charge in [-0.25, -0.2) is 4.39 Å². The monoisotopic (exact) mass is 315 g/mol. The van der Waals surface area contributed by atoms with Crippen molar-refractivity contribution in [2.75, 3.05) is 7.11 Å². The van der Waals surface area contributed by atoms with Crippen LogP contribution in [-0.4, -0.2) is 17.3 Å². The lowest BCUT2D eigenvalue weighted by molar-refractivity contribution is 0.411. The summed E-state index contributed by atoms with van der Waals surface area (Å²) < 4.78 is 24.7. The maximum absolute atomic E-state index is 14.2. The van der Waals surface area contributed by atoms with Crippen LogP contribution in [-0.2, 0) is 13.1 Å². The van der Waals surface area contributed by atoms with Crippen LogP contribution >= 0.6 is 0 Å². The molecule has 0 aliphatic rings. The van der Waals surface area contributed by atoms with Gasteiger partial charge in [0.15, 0.2) is 0 Å². The van der Waals surface area contributed by atoms with E-state index in [4.69, 9.17) is 9.15 Å². The molecule has 0 aliphatic carbocycles. The average Bonchev–Trinajstić information content (AvgIpc) is 3.16. The number of aryl methyl sites for hydroxylation is 1. The zero-order valence-corrected chi connectivity index (χ0v) is 13.0. The molecule has 0 amide bonds. The van der Waals surface area contributed by atoms with Crippen LogP contribution in [0.15, 0.2) is 40.9 Å². The summed E-state index contributed by atoms with van der Waals surface area (Å²) in [6.45, 7) is 3.06. The number of rotatable bonds is 6. The number of aromatic amines is 1. The van der Waals surface area contributed by atoms with Crippen molar-refractivity contribution in [2.24, 2.45) is 0 Å². The van der Waals surface area contributed by atoms with Crippen molar-refractivity contribution in [3.63, 3.8) is 0 Å². The smallest absolute Gasteiger partial charge is 0.136 e. The minimum atomic E-state index is -0.350. The van der Waals surface area contributed by atoms with E-state index in [2.05, 4.69) is 15.5 Å². The predicted octanol–water partition coefficient (Wildman–Crippen LogP) is 3.42. The van der Waals surface area contributed by atoms with Crippen molar-refractivity contribution in [1.82, 2.24) is 15.5 Å². The molecule has 3 rings (SSSR count). The Bertz CT molecular complexity index is 795. The van der Waals surface area contributed by atoms with Crippen LogP contribution in [0.2, 0.25) is 0 Å². The molecule has 0 saturated carbocycles. The number of hydrogen-bond donors (Lipinski definition) is 2. The Hall–Kier alpha value is -2.60. The number of nitrogens with one attached hydrogen (secondary N) is 2. The summed E-state index contributed by atoms with van der Waals surface area (Å²) in [6.07, 6.45) is 1.69. The summed E-state index contributed by atoms with van der Waals surface area (Å²) in [5, 5.41) is 10.2. The van der Waals surface area contributed by atoms with Gasteiger partial charge in [0.25, 0.3) is 0 Å². The van der Waals surface area contributed by atoms with Crippen LogP contribution in [0, 0.1) is 12.7 Å². The van der Waals surface area contributed by atoms with E-state index >= 15 is 0 Å². The minimum Gasteiger partial charge on any atom is -0.497 e. The largest absolute Gasteiger partial charge is 0.497 e. The van der Waals surface area contributed by atoms with Gasteiger partial charge in [-0.2, -0.15) is 5.10 Å². The zero-order valence-electron chi connectivity index (χ0n) is 13.0. The third kappa shape index (κ3) is 3.43. The van der Waals surface area contributed by atoms with Gasteiger partial charge in [0.05, 0.1) is 25.5 Å². The molecule has 0 saturated heterocycles. The van der Waals surface area contributed by atoms with Gasteiger partial charge in [-0.1, -0.05) is 0 Å². The molecule has 6 heteroatoms. The topological polar surface area (TPSA) is 63.1 Å². The van der Waals surface area contributed by atoms with E-state index in [1.807, 2.05) is 19.1 Å². The summed E-state index contributed by atoms with van der Waals surface area (Å²) in [7, 11) is 1.51. The van der Waals surface area contributed by atoms with E-state index in [1.54, 1.807) is 18.3 Å². The molecule has 0 atom stereocenters. The minimum absolute atomic E-state index is 0.350. The Kier molecular flexibility index (Phi) is 4.43. The molecule has 23 heavy (non-hydrogen) atoms. The molecule has 120 valence electrons. The van der Waals surface area contributed by atoms with E-state index in [0.717, 1.165) is 17.1 Å². The number of furan rings is 1. The highest BCUT2D eigenvalue weighted by Crippen LogP contribution is 2.27. The quantitative estimate of drug-likeness (QED) is 0.731. The first-order valence-corrected chi connectivity index (χ1v) is 7.29. The van der Waals surface area contributed by atoms with E-state index in [-0.39, 0.29) is 5.82 Å². The number of benzene rings is 1. The second kappa shape index (κ2) is 6.66. The number of hydrogen-bond acceptors (Lipinski definition) is 4. The van der Waals surface area contributed by atoms with Crippen LogP contribution in [0.4, 0.5) is 4.39 Å². The SMILES string of the molecule is COc1ccc(-c2[nH]ncc2CNCc2ccc(C)o2)c(F)c1. The van der Waals surface area contributed by atoms with Gasteiger partial charge in [0.1, 0.15) is 23.1 Å². The van der Waals surface area contributed by atoms with Crippen molar-refractivity contribution < 1.29 is 13.5 Å². The molecule has 1 aromatic carbocycles. The standard InChI is InChI=1S/C17H18FN3O2/c1-11-3-4-14(23-11)10-19-8-12-9-20-21-17(12)15-6-5-13(22-2)7-16(15)18/h3-7,9,19H,8,10H2,1-2H3,(H,20,21).